The molecule has 0 aromatic rings. The van der Waals surface area contributed by atoms with Gasteiger partial charge in [-0.1, -0.05) is 20.8 Å². The molecule has 3 N–H and O–H groups in total. The molecule has 16 heavy (non-hydrogen) atoms. The highest BCUT2D eigenvalue weighted by atomic mass is 31.2. The highest BCUT2D eigenvalue weighted by Crippen LogP contribution is 2.40. The first-order chi connectivity index (χ1) is 7.22. The van der Waals surface area contributed by atoms with Crippen LogP contribution in [-0.4, -0.2) is 33.4 Å². The molecule has 0 aliphatic carbocycles. The summed E-state index contributed by atoms with van der Waals surface area (Å²) < 4.78 is 16.2. The Hall–Kier alpha value is 0.0700. The van der Waals surface area contributed by atoms with Gasteiger partial charge < -0.3 is 19.6 Å². The Bertz CT molecular complexity index is 276. The molecular formula is C10H21O5P. The first-order valence-corrected chi connectivity index (χ1v) is 7.40. The summed E-state index contributed by atoms with van der Waals surface area (Å²) in [7, 11) is -3.98. The summed E-state index contributed by atoms with van der Waals surface area (Å²) in [6.45, 7) is 5.95. The normalized spacial score (nSPS) is 41.0. The minimum atomic E-state index is -3.98. The summed E-state index contributed by atoms with van der Waals surface area (Å²) in [6, 6.07) is 0. The largest absolute Gasteiger partial charge is 0.368 e. The fraction of sp³-hybridized carbons (Fsp3) is 1.00. The average molecular weight is 252 g/mol. The van der Waals surface area contributed by atoms with E-state index in [1.807, 2.05) is 20.8 Å². The smallest absolute Gasteiger partial charge is 0.325 e. The van der Waals surface area contributed by atoms with E-state index in [0.29, 0.717) is 6.42 Å². The minimum Gasteiger partial charge on any atom is -0.368 e. The minimum absolute atomic E-state index is 0.0568. The van der Waals surface area contributed by atoms with Gasteiger partial charge in [-0.05, 0) is 18.3 Å². The van der Waals surface area contributed by atoms with Crippen LogP contribution in [0.4, 0.5) is 0 Å². The van der Waals surface area contributed by atoms with Crippen molar-refractivity contribution in [3.05, 3.63) is 0 Å². The molecule has 0 bridgehead atoms. The van der Waals surface area contributed by atoms with Gasteiger partial charge in [0.05, 0.1) is 12.3 Å². The van der Waals surface area contributed by atoms with Crippen LogP contribution in [0.15, 0.2) is 0 Å². The Morgan fingerprint density at radius 2 is 1.69 bits per heavy atom. The molecule has 1 fully saturated rings. The average Bonchev–Trinajstić information content (AvgIpc) is 2.17. The summed E-state index contributed by atoms with van der Waals surface area (Å²) >= 11 is 0. The first kappa shape index (κ1) is 14.1. The van der Waals surface area contributed by atoms with Crippen molar-refractivity contribution in [3.8, 4) is 0 Å². The third-order valence-corrected chi connectivity index (χ3v) is 4.55. The van der Waals surface area contributed by atoms with E-state index in [-0.39, 0.29) is 30.0 Å². The highest BCUT2D eigenvalue weighted by Gasteiger charge is 2.38. The molecule has 1 saturated heterocycles. The summed E-state index contributed by atoms with van der Waals surface area (Å²) in [4.78, 5) is 17.6. The van der Waals surface area contributed by atoms with Gasteiger partial charge in [0.15, 0.2) is 6.29 Å². The van der Waals surface area contributed by atoms with Crippen molar-refractivity contribution in [1.29, 1.82) is 0 Å². The van der Waals surface area contributed by atoms with E-state index in [2.05, 4.69) is 0 Å². The summed E-state index contributed by atoms with van der Waals surface area (Å²) in [5.74, 6) is 0.539. The standard InChI is InChI=1S/C10H21O5P/c1-6-7(2)9(4-5-16(12,13)14)15-10(11)8(6)3/h6-11H,4-5H2,1-3H3,(H2,12,13,14)/t6-,7-,8?,9?,10?/m0/s1. The zero-order valence-electron chi connectivity index (χ0n) is 9.91. The van der Waals surface area contributed by atoms with Crippen molar-refractivity contribution >= 4 is 7.60 Å². The maximum Gasteiger partial charge on any atom is 0.325 e. The Morgan fingerprint density at radius 1 is 1.12 bits per heavy atom. The molecule has 1 aliphatic rings. The first-order valence-electron chi connectivity index (χ1n) is 5.60. The number of aliphatic hydroxyl groups is 1. The van der Waals surface area contributed by atoms with Gasteiger partial charge in [0, 0.05) is 5.92 Å². The van der Waals surface area contributed by atoms with Gasteiger partial charge in [0.2, 0.25) is 0 Å². The van der Waals surface area contributed by atoms with Gasteiger partial charge in [0.25, 0.3) is 0 Å². The van der Waals surface area contributed by atoms with Crippen molar-refractivity contribution in [1.82, 2.24) is 0 Å². The molecule has 0 saturated carbocycles. The molecular weight excluding hydrogens is 231 g/mol. The van der Waals surface area contributed by atoms with Gasteiger partial charge in [-0.15, -0.1) is 0 Å². The number of aliphatic hydroxyl groups excluding tert-OH is 1. The molecule has 1 heterocycles. The Kier molecular flexibility index (Phi) is 4.55. The van der Waals surface area contributed by atoms with E-state index in [0.717, 1.165) is 0 Å². The zero-order valence-corrected chi connectivity index (χ0v) is 10.8. The van der Waals surface area contributed by atoms with Crippen molar-refractivity contribution < 1.29 is 24.2 Å². The Morgan fingerprint density at radius 3 is 2.19 bits per heavy atom. The van der Waals surface area contributed by atoms with E-state index >= 15 is 0 Å². The van der Waals surface area contributed by atoms with Crippen LogP contribution in [0.5, 0.6) is 0 Å². The van der Waals surface area contributed by atoms with Crippen molar-refractivity contribution in [2.75, 3.05) is 6.16 Å². The van der Waals surface area contributed by atoms with Gasteiger partial charge in [-0.3, -0.25) is 4.57 Å². The molecule has 0 amide bonds. The van der Waals surface area contributed by atoms with Crippen molar-refractivity contribution in [3.63, 3.8) is 0 Å². The lowest BCUT2D eigenvalue weighted by molar-refractivity contribution is -0.224. The molecule has 5 nitrogen and oxygen atoms in total. The van der Waals surface area contributed by atoms with Crippen LogP contribution in [0.1, 0.15) is 27.2 Å². The monoisotopic (exact) mass is 252 g/mol. The predicted octanol–water partition coefficient (Wildman–Crippen LogP) is 1.18. The second-order valence-corrected chi connectivity index (χ2v) is 6.60. The lowest BCUT2D eigenvalue weighted by atomic mass is 9.78. The molecule has 0 aromatic heterocycles. The van der Waals surface area contributed by atoms with Crippen LogP contribution in [0.2, 0.25) is 0 Å². The summed E-state index contributed by atoms with van der Waals surface area (Å²) in [6.07, 6.45) is -0.989. The quantitative estimate of drug-likeness (QED) is 0.656. The highest BCUT2D eigenvalue weighted by molar-refractivity contribution is 7.51. The number of hydrogen-bond donors (Lipinski definition) is 3. The molecule has 96 valence electrons. The SMILES string of the molecule is CC1C(O)OC(CCP(=O)(O)O)[C@@H](C)[C@@H]1C. The molecule has 0 aromatic carbocycles. The lowest BCUT2D eigenvalue weighted by Crippen LogP contribution is -2.44. The van der Waals surface area contributed by atoms with Crippen molar-refractivity contribution in [2.24, 2.45) is 17.8 Å². The Balaban J connectivity index is 2.57. The molecule has 0 radical (unpaired) electrons. The topological polar surface area (TPSA) is 87.0 Å². The van der Waals surface area contributed by atoms with Crippen LogP contribution < -0.4 is 0 Å². The molecule has 5 atom stereocenters. The number of hydrogen-bond acceptors (Lipinski definition) is 3. The Labute approximate surface area is 96.0 Å². The van der Waals surface area contributed by atoms with Crippen LogP contribution in [0.3, 0.4) is 0 Å². The molecule has 0 spiro atoms. The second-order valence-electron chi connectivity index (χ2n) is 4.82. The van der Waals surface area contributed by atoms with Gasteiger partial charge >= 0.3 is 7.60 Å². The third kappa shape index (κ3) is 3.54. The molecule has 6 heteroatoms. The van der Waals surface area contributed by atoms with Crippen LogP contribution >= 0.6 is 7.60 Å². The van der Waals surface area contributed by atoms with Gasteiger partial charge in [-0.25, -0.2) is 0 Å². The maximum absolute atomic E-state index is 10.8. The molecule has 1 rings (SSSR count). The van der Waals surface area contributed by atoms with E-state index < -0.39 is 13.9 Å². The van der Waals surface area contributed by atoms with E-state index in [1.54, 1.807) is 0 Å². The van der Waals surface area contributed by atoms with Crippen molar-refractivity contribution in [2.45, 2.75) is 39.6 Å². The van der Waals surface area contributed by atoms with Crippen LogP contribution in [-0.2, 0) is 9.30 Å². The third-order valence-electron chi connectivity index (χ3n) is 3.71. The summed E-state index contributed by atoms with van der Waals surface area (Å²) in [5, 5.41) is 9.65. The number of rotatable bonds is 3. The van der Waals surface area contributed by atoms with Gasteiger partial charge in [-0.2, -0.15) is 0 Å². The van der Waals surface area contributed by atoms with Crippen LogP contribution in [0, 0.1) is 17.8 Å². The maximum atomic E-state index is 10.8. The fourth-order valence-electron chi connectivity index (χ4n) is 2.13. The number of ether oxygens (including phenoxy) is 1. The molecule has 3 unspecified atom stereocenters. The fourth-order valence-corrected chi connectivity index (χ4v) is 2.72. The van der Waals surface area contributed by atoms with E-state index in [1.165, 1.54) is 0 Å². The lowest BCUT2D eigenvalue weighted by Gasteiger charge is -2.41. The van der Waals surface area contributed by atoms with Crippen LogP contribution in [0.25, 0.3) is 0 Å². The molecule has 1 aliphatic heterocycles. The van der Waals surface area contributed by atoms with E-state index in [9.17, 15) is 9.67 Å². The second kappa shape index (κ2) is 5.15. The predicted molar refractivity (Wildman–Crippen MR) is 59.9 cm³/mol. The van der Waals surface area contributed by atoms with Gasteiger partial charge in [0.1, 0.15) is 0 Å². The van der Waals surface area contributed by atoms with E-state index in [4.69, 9.17) is 14.5 Å². The summed E-state index contributed by atoms with van der Waals surface area (Å²) in [5.41, 5.74) is 0. The zero-order chi connectivity index (χ0) is 12.5.